The number of esters is 1. The minimum Gasteiger partial charge on any atom is -0.492 e. The van der Waals surface area contributed by atoms with Gasteiger partial charge in [-0.25, -0.2) is 14.8 Å². The molecule has 3 heterocycles. The van der Waals surface area contributed by atoms with Gasteiger partial charge in [0.25, 0.3) is 0 Å². The predicted molar refractivity (Wildman–Crippen MR) is 93.3 cm³/mol. The molecule has 0 radical (unpaired) electrons. The number of nitrogens with zero attached hydrogens (tertiary/aromatic N) is 2. The number of hydrogen-bond donors (Lipinski definition) is 1. The summed E-state index contributed by atoms with van der Waals surface area (Å²) in [5, 5.41) is 3.27. The molecule has 2 aromatic rings. The molecule has 0 amide bonds. The van der Waals surface area contributed by atoms with Gasteiger partial charge in [0.1, 0.15) is 17.3 Å². The van der Waals surface area contributed by atoms with Crippen LogP contribution in [0.15, 0.2) is 28.9 Å². The summed E-state index contributed by atoms with van der Waals surface area (Å²) in [5.74, 6) is 1.21. The summed E-state index contributed by atoms with van der Waals surface area (Å²) in [6.07, 6.45) is 2.37. The Kier molecular flexibility index (Phi) is 4.99. The highest BCUT2D eigenvalue weighted by Crippen LogP contribution is 2.36. The molecular formula is C17H18BrN3O3. The molecule has 0 spiro atoms. The second-order valence-corrected chi connectivity index (χ2v) is 6.54. The van der Waals surface area contributed by atoms with Crippen LogP contribution in [0.2, 0.25) is 0 Å². The molecule has 0 atom stereocenters. The number of carbonyl (C=O) groups is 1. The third kappa shape index (κ3) is 3.67. The van der Waals surface area contributed by atoms with Crippen LogP contribution in [0.3, 0.4) is 0 Å². The van der Waals surface area contributed by atoms with Crippen molar-refractivity contribution in [3.63, 3.8) is 0 Å². The van der Waals surface area contributed by atoms with Gasteiger partial charge in [-0.1, -0.05) is 6.07 Å². The molecule has 126 valence electrons. The topological polar surface area (TPSA) is 73.3 Å². The number of halogens is 1. The van der Waals surface area contributed by atoms with Gasteiger partial charge in [0.2, 0.25) is 0 Å². The molecule has 24 heavy (non-hydrogen) atoms. The smallest absolute Gasteiger partial charge is 0.357 e. The minimum atomic E-state index is -0.414. The first-order valence-electron chi connectivity index (χ1n) is 7.75. The molecule has 6 nitrogen and oxygen atoms in total. The van der Waals surface area contributed by atoms with E-state index in [1.807, 2.05) is 19.9 Å². The molecule has 0 saturated carbocycles. The van der Waals surface area contributed by atoms with Crippen molar-refractivity contribution >= 4 is 27.7 Å². The van der Waals surface area contributed by atoms with E-state index in [1.54, 1.807) is 18.3 Å². The highest BCUT2D eigenvalue weighted by Gasteiger charge is 2.20. The van der Waals surface area contributed by atoms with Crippen LogP contribution in [0.25, 0.3) is 0 Å². The zero-order valence-electron chi connectivity index (χ0n) is 13.5. The van der Waals surface area contributed by atoms with Crippen molar-refractivity contribution in [2.24, 2.45) is 0 Å². The van der Waals surface area contributed by atoms with Gasteiger partial charge >= 0.3 is 5.97 Å². The van der Waals surface area contributed by atoms with Crippen LogP contribution < -0.4 is 10.1 Å². The van der Waals surface area contributed by atoms with Gasteiger partial charge in [0.15, 0.2) is 0 Å². The Balaban J connectivity index is 1.72. The Morgan fingerprint density at radius 3 is 3.08 bits per heavy atom. The number of rotatable bonds is 5. The zero-order chi connectivity index (χ0) is 17.1. The molecule has 1 aliphatic rings. The number of carbonyl (C=O) groups excluding carboxylic acids is 1. The van der Waals surface area contributed by atoms with E-state index in [-0.39, 0.29) is 6.10 Å². The number of pyridine rings is 2. The third-order valence-electron chi connectivity index (χ3n) is 3.48. The second-order valence-electron chi connectivity index (χ2n) is 5.68. The van der Waals surface area contributed by atoms with Gasteiger partial charge in [-0.3, -0.25) is 0 Å². The number of anilines is 1. The molecular weight excluding hydrogens is 374 g/mol. The highest BCUT2D eigenvalue weighted by atomic mass is 79.9. The maximum atomic E-state index is 11.9. The Morgan fingerprint density at radius 1 is 1.46 bits per heavy atom. The second kappa shape index (κ2) is 7.17. The lowest BCUT2D eigenvalue weighted by molar-refractivity contribution is 0.0370. The van der Waals surface area contributed by atoms with Crippen LogP contribution in [0.4, 0.5) is 5.82 Å². The van der Waals surface area contributed by atoms with Crippen molar-refractivity contribution in [1.29, 1.82) is 0 Å². The summed E-state index contributed by atoms with van der Waals surface area (Å²) in [7, 11) is 0. The fourth-order valence-corrected chi connectivity index (χ4v) is 2.90. The van der Waals surface area contributed by atoms with E-state index in [0.717, 1.165) is 33.7 Å². The van der Waals surface area contributed by atoms with Crippen molar-refractivity contribution in [3.8, 4) is 5.75 Å². The van der Waals surface area contributed by atoms with E-state index >= 15 is 0 Å². The molecule has 0 unspecified atom stereocenters. The fraction of sp³-hybridized carbons (Fsp3) is 0.353. The fourth-order valence-electron chi connectivity index (χ4n) is 2.45. The Hall–Kier alpha value is -2.15. The van der Waals surface area contributed by atoms with Gasteiger partial charge in [-0.15, -0.1) is 0 Å². The van der Waals surface area contributed by atoms with Gasteiger partial charge in [0.05, 0.1) is 29.4 Å². The van der Waals surface area contributed by atoms with E-state index in [0.29, 0.717) is 18.8 Å². The third-order valence-corrected chi connectivity index (χ3v) is 4.04. The lowest BCUT2D eigenvalue weighted by Gasteiger charge is -2.11. The standard InChI is InChI=1S/C17H18BrN3O3/c1-10(2)24-17(22)14-5-3-4-11(21-14)8-19-16-12-6-7-23-15(12)13(18)9-20-16/h3-5,9-10H,6-8H2,1-2H3,(H,19,20). The largest absolute Gasteiger partial charge is 0.492 e. The molecule has 0 saturated heterocycles. The maximum absolute atomic E-state index is 11.9. The van der Waals surface area contributed by atoms with Crippen LogP contribution in [-0.2, 0) is 17.7 Å². The van der Waals surface area contributed by atoms with Crippen LogP contribution in [0.5, 0.6) is 5.75 Å². The van der Waals surface area contributed by atoms with E-state index in [4.69, 9.17) is 9.47 Å². The van der Waals surface area contributed by atoms with Crippen molar-refractivity contribution in [2.45, 2.75) is 32.9 Å². The number of aromatic nitrogens is 2. The number of fused-ring (bicyclic) bond motifs is 1. The van der Waals surface area contributed by atoms with Crippen LogP contribution in [-0.4, -0.2) is 28.6 Å². The lowest BCUT2D eigenvalue weighted by atomic mass is 10.2. The van der Waals surface area contributed by atoms with Crippen LogP contribution >= 0.6 is 15.9 Å². The first-order chi connectivity index (χ1) is 11.5. The number of nitrogens with one attached hydrogen (secondary N) is 1. The van der Waals surface area contributed by atoms with Crippen molar-refractivity contribution in [2.75, 3.05) is 11.9 Å². The Bertz CT molecular complexity index is 765. The normalized spacial score (nSPS) is 12.7. The molecule has 0 aromatic carbocycles. The average molecular weight is 392 g/mol. The zero-order valence-corrected chi connectivity index (χ0v) is 15.1. The van der Waals surface area contributed by atoms with E-state index in [9.17, 15) is 4.79 Å². The number of hydrogen-bond acceptors (Lipinski definition) is 6. The minimum absolute atomic E-state index is 0.171. The summed E-state index contributed by atoms with van der Waals surface area (Å²) >= 11 is 3.44. The Morgan fingerprint density at radius 2 is 2.29 bits per heavy atom. The molecule has 0 fully saturated rings. The van der Waals surface area contributed by atoms with Crippen molar-refractivity contribution in [3.05, 3.63) is 45.8 Å². The van der Waals surface area contributed by atoms with Crippen molar-refractivity contribution < 1.29 is 14.3 Å². The summed E-state index contributed by atoms with van der Waals surface area (Å²) in [6, 6.07) is 5.30. The van der Waals surface area contributed by atoms with E-state index in [2.05, 4.69) is 31.2 Å². The quantitative estimate of drug-likeness (QED) is 0.787. The monoisotopic (exact) mass is 391 g/mol. The molecule has 2 aromatic heterocycles. The first kappa shape index (κ1) is 16.7. The van der Waals surface area contributed by atoms with Gasteiger partial charge in [-0.05, 0) is 41.9 Å². The predicted octanol–water partition coefficient (Wildman–Crippen LogP) is 3.35. The summed E-state index contributed by atoms with van der Waals surface area (Å²) in [4.78, 5) is 20.7. The van der Waals surface area contributed by atoms with Gasteiger partial charge in [-0.2, -0.15) is 0 Å². The molecule has 7 heteroatoms. The molecule has 0 bridgehead atoms. The van der Waals surface area contributed by atoms with Gasteiger partial charge < -0.3 is 14.8 Å². The average Bonchev–Trinajstić information content (AvgIpc) is 3.05. The first-order valence-corrected chi connectivity index (χ1v) is 8.55. The molecule has 0 aliphatic carbocycles. The van der Waals surface area contributed by atoms with Crippen molar-refractivity contribution in [1.82, 2.24) is 9.97 Å². The molecule has 3 rings (SSSR count). The van der Waals surface area contributed by atoms with E-state index < -0.39 is 5.97 Å². The number of ether oxygens (including phenoxy) is 2. The molecule has 1 N–H and O–H groups in total. The summed E-state index contributed by atoms with van der Waals surface area (Å²) in [5.41, 5.74) is 2.10. The highest BCUT2D eigenvalue weighted by molar-refractivity contribution is 9.10. The molecule has 1 aliphatic heterocycles. The maximum Gasteiger partial charge on any atom is 0.357 e. The van der Waals surface area contributed by atoms with Crippen LogP contribution in [0, 0.1) is 0 Å². The van der Waals surface area contributed by atoms with E-state index in [1.165, 1.54) is 0 Å². The SMILES string of the molecule is CC(C)OC(=O)c1cccc(CNc2ncc(Br)c3c2CCO3)n1. The van der Waals surface area contributed by atoms with Gasteiger partial charge in [0, 0.05) is 18.2 Å². The Labute approximate surface area is 148 Å². The summed E-state index contributed by atoms with van der Waals surface area (Å²) in [6.45, 7) is 4.74. The summed E-state index contributed by atoms with van der Waals surface area (Å²) < 4.78 is 11.6. The van der Waals surface area contributed by atoms with Crippen LogP contribution in [0.1, 0.15) is 35.6 Å². The lowest BCUT2D eigenvalue weighted by Crippen LogP contribution is -2.14.